The lowest BCUT2D eigenvalue weighted by atomic mass is 9.90. The monoisotopic (exact) mass is 516 g/mol. The Morgan fingerprint density at radius 2 is 1.71 bits per heavy atom. The molecule has 1 unspecified atom stereocenters. The molecule has 0 aliphatic carbocycles. The van der Waals surface area contributed by atoms with Crippen LogP contribution in [-0.2, 0) is 44.3 Å². The van der Waals surface area contributed by atoms with E-state index < -0.39 is 54.4 Å². The van der Waals surface area contributed by atoms with Crippen LogP contribution >= 0.6 is 0 Å². The molecule has 0 saturated carbocycles. The largest absolute Gasteiger partial charge is 0.414 e. The van der Waals surface area contributed by atoms with Gasteiger partial charge in [-0.15, -0.1) is 0 Å². The van der Waals surface area contributed by atoms with Crippen molar-refractivity contribution in [3.05, 3.63) is 35.9 Å². The maximum atomic E-state index is 12.1. The number of ether oxygens (including phenoxy) is 4. The average molecular weight is 517 g/mol. The van der Waals surface area contributed by atoms with Crippen molar-refractivity contribution in [2.75, 3.05) is 12.9 Å². The molecule has 8 nitrogen and oxygen atoms in total. The van der Waals surface area contributed by atoms with Crippen LogP contribution in [0.4, 0.5) is 0 Å². The van der Waals surface area contributed by atoms with Crippen molar-refractivity contribution in [1.29, 1.82) is 0 Å². The Morgan fingerprint density at radius 3 is 2.26 bits per heavy atom. The van der Waals surface area contributed by atoms with Crippen molar-refractivity contribution in [2.45, 2.75) is 102 Å². The molecule has 5 atom stereocenters. The van der Waals surface area contributed by atoms with E-state index in [1.165, 1.54) is 0 Å². The van der Waals surface area contributed by atoms with Crippen molar-refractivity contribution in [2.24, 2.45) is 0 Å². The topological polar surface area (TPSA) is 89.5 Å². The maximum Gasteiger partial charge on any atom is 0.264 e. The van der Waals surface area contributed by atoms with Gasteiger partial charge >= 0.3 is 0 Å². The summed E-state index contributed by atoms with van der Waals surface area (Å²) in [5.74, 6) is -0.864. The third-order valence-electron chi connectivity index (χ3n) is 6.95. The molecule has 10 heteroatoms. The van der Waals surface area contributed by atoms with Crippen molar-refractivity contribution >= 4 is 18.4 Å². The summed E-state index contributed by atoms with van der Waals surface area (Å²) in [4.78, 5) is 0. The third kappa shape index (κ3) is 6.10. The fourth-order valence-electron chi connectivity index (χ4n) is 4.02. The second-order valence-electron chi connectivity index (χ2n) is 11.3. The Labute approximate surface area is 205 Å². The van der Waals surface area contributed by atoms with Crippen LogP contribution < -0.4 is 0 Å². The predicted octanol–water partition coefficient (Wildman–Crippen LogP) is 4.20. The highest BCUT2D eigenvalue weighted by molar-refractivity contribution is 7.86. The molecule has 3 rings (SSSR count). The summed E-state index contributed by atoms with van der Waals surface area (Å²) >= 11 is 0. The lowest BCUT2D eigenvalue weighted by Gasteiger charge is -2.44. The van der Waals surface area contributed by atoms with Crippen LogP contribution in [0.25, 0.3) is 0 Å². The minimum Gasteiger partial charge on any atom is -0.414 e. The molecule has 2 heterocycles. The van der Waals surface area contributed by atoms with Gasteiger partial charge in [-0.1, -0.05) is 51.1 Å². The van der Waals surface area contributed by atoms with Crippen LogP contribution in [-0.4, -0.2) is 65.6 Å². The summed E-state index contributed by atoms with van der Waals surface area (Å²) in [6.45, 7) is 16.4. The van der Waals surface area contributed by atoms with E-state index in [1.54, 1.807) is 6.92 Å². The summed E-state index contributed by atoms with van der Waals surface area (Å²) in [6, 6.07) is 9.75. The molecule has 2 saturated heterocycles. The molecule has 0 amide bonds. The van der Waals surface area contributed by atoms with Crippen LogP contribution in [0.2, 0.25) is 18.1 Å². The van der Waals surface area contributed by atoms with Gasteiger partial charge in [-0.25, -0.2) is 0 Å². The number of rotatable bonds is 9. The van der Waals surface area contributed by atoms with Gasteiger partial charge in [0.15, 0.2) is 20.4 Å². The van der Waals surface area contributed by atoms with Crippen molar-refractivity contribution in [1.82, 2.24) is 0 Å². The van der Waals surface area contributed by atoms with Crippen molar-refractivity contribution in [3.8, 4) is 0 Å². The number of hydrogen-bond acceptors (Lipinski definition) is 8. The summed E-state index contributed by atoms with van der Waals surface area (Å²) < 4.78 is 61.4. The van der Waals surface area contributed by atoms with Crippen molar-refractivity contribution < 1.29 is 36.0 Å². The smallest absolute Gasteiger partial charge is 0.264 e. The van der Waals surface area contributed by atoms with E-state index in [2.05, 4.69) is 33.9 Å². The number of hydrogen-bond donors (Lipinski definition) is 0. The van der Waals surface area contributed by atoms with Crippen molar-refractivity contribution in [3.63, 3.8) is 0 Å². The Morgan fingerprint density at radius 1 is 1.09 bits per heavy atom. The van der Waals surface area contributed by atoms with Gasteiger partial charge in [0, 0.05) is 0 Å². The van der Waals surface area contributed by atoms with Gasteiger partial charge in [-0.05, 0) is 44.5 Å². The van der Waals surface area contributed by atoms with E-state index in [0.717, 1.165) is 11.8 Å². The lowest BCUT2D eigenvalue weighted by Crippen LogP contribution is -2.59. The normalized spacial score (nSPS) is 30.3. The summed E-state index contributed by atoms with van der Waals surface area (Å²) in [5.41, 5.74) is -0.292. The van der Waals surface area contributed by atoms with E-state index in [0.29, 0.717) is 0 Å². The van der Waals surface area contributed by atoms with Gasteiger partial charge in [-0.2, -0.15) is 8.42 Å². The minimum atomic E-state index is -3.78. The Hall–Kier alpha value is -0.853. The molecule has 0 spiro atoms. The zero-order chi connectivity index (χ0) is 25.6. The zero-order valence-electron chi connectivity index (χ0n) is 21.8. The van der Waals surface area contributed by atoms with E-state index in [-0.39, 0.29) is 18.3 Å². The second kappa shape index (κ2) is 9.55. The molecule has 1 aromatic carbocycles. The summed E-state index contributed by atoms with van der Waals surface area (Å²) in [6.07, 6.45) is -1.90. The van der Waals surface area contributed by atoms with E-state index >= 15 is 0 Å². The molecule has 0 bridgehead atoms. The molecular weight excluding hydrogens is 476 g/mol. The number of benzene rings is 1. The van der Waals surface area contributed by atoms with Gasteiger partial charge < -0.3 is 23.4 Å². The van der Waals surface area contributed by atoms with Crippen LogP contribution in [0.5, 0.6) is 0 Å². The molecule has 0 aromatic heterocycles. The fourth-order valence-corrected chi connectivity index (χ4v) is 5.73. The van der Waals surface area contributed by atoms with Gasteiger partial charge in [0.05, 0.1) is 19.5 Å². The third-order valence-corrected chi connectivity index (χ3v) is 12.1. The summed E-state index contributed by atoms with van der Waals surface area (Å²) in [5, 5.41) is -0.0566. The van der Waals surface area contributed by atoms with E-state index in [1.807, 2.05) is 44.2 Å². The van der Waals surface area contributed by atoms with Crippen LogP contribution in [0.15, 0.2) is 30.3 Å². The molecule has 2 fully saturated rings. The fraction of sp³-hybridized carbons (Fsp3) is 0.750. The maximum absolute atomic E-state index is 12.1. The molecule has 34 heavy (non-hydrogen) atoms. The Bertz CT molecular complexity index is 943. The van der Waals surface area contributed by atoms with Crippen LogP contribution in [0, 0.1) is 0 Å². The lowest BCUT2D eigenvalue weighted by molar-refractivity contribution is -0.265. The predicted molar refractivity (Wildman–Crippen MR) is 131 cm³/mol. The van der Waals surface area contributed by atoms with Gasteiger partial charge in [0.25, 0.3) is 10.1 Å². The first-order valence-electron chi connectivity index (χ1n) is 11.7. The van der Waals surface area contributed by atoms with Gasteiger partial charge in [0.2, 0.25) is 0 Å². The first-order chi connectivity index (χ1) is 15.5. The van der Waals surface area contributed by atoms with E-state index in [4.69, 9.17) is 27.6 Å². The zero-order valence-corrected chi connectivity index (χ0v) is 23.6. The average Bonchev–Trinajstić information content (AvgIpc) is 3.12. The number of fused-ring (bicyclic) bond motifs is 1. The molecule has 0 N–H and O–H groups in total. The Balaban J connectivity index is 1.98. The highest BCUT2D eigenvalue weighted by Gasteiger charge is 2.66. The molecule has 194 valence electrons. The van der Waals surface area contributed by atoms with Gasteiger partial charge in [-0.3, -0.25) is 4.18 Å². The SMILES string of the molecule is CC(OS(C)(=O)=O)[C@]1(CO[Si](C)(C)C(C)(C)C)O[C@@H]2OC(C)(C)O[C@@H]2[C@@H]1OCc1ccccc1. The van der Waals surface area contributed by atoms with Crippen LogP contribution in [0.3, 0.4) is 0 Å². The molecule has 1 aromatic rings. The Kier molecular flexibility index (Phi) is 7.79. The first-order valence-corrected chi connectivity index (χ1v) is 16.4. The standard InChI is InChI=1S/C24H40O8SSi/c1-17(32-33(7,25)26)24(16-28-34(8,9)22(2,3)4)20(27-15-18-13-11-10-12-14-18)19-21(31-24)30-23(5,6)29-19/h10-14,17,19-21H,15-16H2,1-9H3/t17?,19-,20+,21+,24+/m1/s1. The molecule has 2 aliphatic heterocycles. The molecular formula is C24H40O8SSi. The highest BCUT2D eigenvalue weighted by atomic mass is 32.2. The quantitative estimate of drug-likeness (QED) is 0.356. The minimum absolute atomic E-state index is 0.0566. The molecule has 0 radical (unpaired) electrons. The van der Waals surface area contributed by atoms with Crippen LogP contribution in [0.1, 0.15) is 47.1 Å². The first kappa shape index (κ1) is 27.7. The highest BCUT2D eigenvalue weighted by Crippen LogP contribution is 2.47. The second-order valence-corrected chi connectivity index (χ2v) is 17.7. The summed E-state index contributed by atoms with van der Waals surface area (Å²) in [7, 11) is -6.01. The van der Waals surface area contributed by atoms with Gasteiger partial charge in [0.1, 0.15) is 23.9 Å². The molecule has 2 aliphatic rings. The van der Waals surface area contributed by atoms with E-state index in [9.17, 15) is 8.42 Å².